The van der Waals surface area contributed by atoms with Crippen molar-refractivity contribution in [3.05, 3.63) is 30.3 Å². The minimum atomic E-state index is 0.0356. The number of hydrogen-bond donors (Lipinski definition) is 1. The van der Waals surface area contributed by atoms with Crippen molar-refractivity contribution in [2.75, 3.05) is 6.73 Å². The number of hydrogen-bond acceptors (Lipinski definition) is 2. The molecule has 0 saturated heterocycles. The van der Waals surface area contributed by atoms with E-state index in [1.165, 1.54) is 0 Å². The highest BCUT2D eigenvalue weighted by atomic mass is 16.5. The Labute approximate surface area is 90.4 Å². The molecule has 82 valence electrons. The largest absolute Gasteiger partial charge is 0.473 e. The molecular weight excluding hydrogens is 190 g/mol. The first-order chi connectivity index (χ1) is 7.24. The van der Waals surface area contributed by atoms with Crippen LogP contribution in [0.3, 0.4) is 0 Å². The topological polar surface area (TPSA) is 38.3 Å². The predicted molar refractivity (Wildman–Crippen MR) is 59.5 cm³/mol. The molecule has 0 fully saturated rings. The van der Waals surface area contributed by atoms with E-state index in [9.17, 15) is 4.79 Å². The van der Waals surface area contributed by atoms with Gasteiger partial charge in [-0.3, -0.25) is 4.79 Å². The zero-order chi connectivity index (χ0) is 11.1. The SMILES string of the molecule is CCC(C)C(=O)NCOc1ccccc1. The molecule has 15 heavy (non-hydrogen) atoms. The van der Waals surface area contributed by atoms with E-state index in [4.69, 9.17) is 4.74 Å². The maximum Gasteiger partial charge on any atom is 0.225 e. The highest BCUT2D eigenvalue weighted by Gasteiger charge is 2.08. The molecule has 0 saturated carbocycles. The maximum atomic E-state index is 11.4. The van der Waals surface area contributed by atoms with Gasteiger partial charge in [0.05, 0.1) is 0 Å². The van der Waals surface area contributed by atoms with Crippen molar-refractivity contribution < 1.29 is 9.53 Å². The van der Waals surface area contributed by atoms with Crippen LogP contribution in [0, 0.1) is 5.92 Å². The van der Waals surface area contributed by atoms with Gasteiger partial charge >= 0.3 is 0 Å². The van der Waals surface area contributed by atoms with Crippen LogP contribution in [0.15, 0.2) is 30.3 Å². The smallest absolute Gasteiger partial charge is 0.225 e. The molecule has 3 heteroatoms. The van der Waals surface area contributed by atoms with Crippen LogP contribution in [0.2, 0.25) is 0 Å². The third-order valence-corrected chi connectivity index (χ3v) is 2.29. The van der Waals surface area contributed by atoms with Crippen molar-refractivity contribution in [1.29, 1.82) is 0 Å². The van der Waals surface area contributed by atoms with E-state index in [-0.39, 0.29) is 18.6 Å². The number of amides is 1. The molecule has 1 aromatic carbocycles. The van der Waals surface area contributed by atoms with Gasteiger partial charge in [-0.2, -0.15) is 0 Å². The third-order valence-electron chi connectivity index (χ3n) is 2.29. The highest BCUT2D eigenvalue weighted by Crippen LogP contribution is 2.07. The van der Waals surface area contributed by atoms with Crippen LogP contribution in [-0.4, -0.2) is 12.6 Å². The van der Waals surface area contributed by atoms with Crippen molar-refractivity contribution in [2.24, 2.45) is 5.92 Å². The highest BCUT2D eigenvalue weighted by molar-refractivity contribution is 5.77. The fourth-order valence-electron chi connectivity index (χ4n) is 1.07. The van der Waals surface area contributed by atoms with Gasteiger partial charge < -0.3 is 10.1 Å². The summed E-state index contributed by atoms with van der Waals surface area (Å²) in [6.45, 7) is 4.12. The van der Waals surface area contributed by atoms with Crippen LogP contribution in [0.25, 0.3) is 0 Å². The van der Waals surface area contributed by atoms with E-state index >= 15 is 0 Å². The molecule has 0 aromatic heterocycles. The van der Waals surface area contributed by atoms with Crippen molar-refractivity contribution in [3.8, 4) is 5.75 Å². The van der Waals surface area contributed by atoms with Crippen LogP contribution in [0.5, 0.6) is 5.75 Å². The monoisotopic (exact) mass is 207 g/mol. The molecule has 0 bridgehead atoms. The summed E-state index contributed by atoms with van der Waals surface area (Å²) in [5.74, 6) is 0.847. The Morgan fingerprint density at radius 2 is 2.07 bits per heavy atom. The Balaban J connectivity index is 2.25. The van der Waals surface area contributed by atoms with Gasteiger partial charge in [-0.25, -0.2) is 0 Å². The van der Waals surface area contributed by atoms with Gasteiger partial charge in [0.15, 0.2) is 6.73 Å². The van der Waals surface area contributed by atoms with Gasteiger partial charge in [-0.1, -0.05) is 32.0 Å². The standard InChI is InChI=1S/C12H17NO2/c1-3-10(2)12(14)13-9-15-11-7-5-4-6-8-11/h4-8,10H,3,9H2,1-2H3,(H,13,14). The first-order valence-electron chi connectivity index (χ1n) is 5.19. The lowest BCUT2D eigenvalue weighted by Gasteiger charge is -2.10. The van der Waals surface area contributed by atoms with Gasteiger partial charge in [0.1, 0.15) is 5.75 Å². The van der Waals surface area contributed by atoms with Crippen molar-refractivity contribution >= 4 is 5.91 Å². The van der Waals surface area contributed by atoms with Crippen molar-refractivity contribution in [1.82, 2.24) is 5.32 Å². The first kappa shape index (κ1) is 11.6. The van der Waals surface area contributed by atoms with E-state index in [1.54, 1.807) is 0 Å². The fraction of sp³-hybridized carbons (Fsp3) is 0.417. The minimum absolute atomic E-state index is 0.0356. The van der Waals surface area contributed by atoms with E-state index in [2.05, 4.69) is 5.32 Å². The predicted octanol–water partition coefficient (Wildman–Crippen LogP) is 2.19. The van der Waals surface area contributed by atoms with Gasteiger partial charge in [0, 0.05) is 5.92 Å². The molecule has 0 aliphatic heterocycles. The lowest BCUT2D eigenvalue weighted by atomic mass is 10.1. The summed E-state index contributed by atoms with van der Waals surface area (Å²) in [5, 5.41) is 2.72. The Kier molecular flexibility index (Phi) is 4.68. The van der Waals surface area contributed by atoms with E-state index in [0.29, 0.717) is 0 Å². The lowest BCUT2D eigenvalue weighted by Crippen LogP contribution is -2.32. The minimum Gasteiger partial charge on any atom is -0.473 e. The van der Waals surface area contributed by atoms with Crippen LogP contribution >= 0.6 is 0 Å². The number of nitrogens with one attached hydrogen (secondary N) is 1. The molecule has 1 atom stereocenters. The van der Waals surface area contributed by atoms with Crippen LogP contribution in [0.1, 0.15) is 20.3 Å². The first-order valence-corrected chi connectivity index (χ1v) is 5.19. The number of rotatable bonds is 5. The van der Waals surface area contributed by atoms with Crippen LogP contribution < -0.4 is 10.1 Å². The Morgan fingerprint density at radius 3 is 2.67 bits per heavy atom. The second-order valence-corrected chi connectivity index (χ2v) is 3.45. The molecular formula is C12H17NO2. The summed E-state index contributed by atoms with van der Waals surface area (Å²) in [6.07, 6.45) is 0.844. The molecule has 1 N–H and O–H groups in total. The average Bonchev–Trinajstić information content (AvgIpc) is 2.29. The van der Waals surface area contributed by atoms with Crippen LogP contribution in [0.4, 0.5) is 0 Å². The Bertz CT molecular complexity index is 298. The molecule has 1 amide bonds. The summed E-state index contributed by atoms with van der Waals surface area (Å²) in [6, 6.07) is 9.42. The van der Waals surface area contributed by atoms with Gasteiger partial charge in [0.25, 0.3) is 0 Å². The van der Waals surface area contributed by atoms with Crippen molar-refractivity contribution in [3.63, 3.8) is 0 Å². The molecule has 3 nitrogen and oxygen atoms in total. The molecule has 1 rings (SSSR count). The molecule has 0 spiro atoms. The second kappa shape index (κ2) is 6.06. The summed E-state index contributed by atoms with van der Waals surface area (Å²) >= 11 is 0. The summed E-state index contributed by atoms with van der Waals surface area (Å²) in [5.41, 5.74) is 0. The van der Waals surface area contributed by atoms with E-state index < -0.39 is 0 Å². The summed E-state index contributed by atoms with van der Waals surface area (Å²) in [7, 11) is 0. The van der Waals surface area contributed by atoms with Gasteiger partial charge in [0.2, 0.25) is 5.91 Å². The average molecular weight is 207 g/mol. The normalized spacial score (nSPS) is 11.9. The van der Waals surface area contributed by atoms with E-state index in [0.717, 1.165) is 12.2 Å². The summed E-state index contributed by atoms with van der Waals surface area (Å²) < 4.78 is 5.34. The van der Waals surface area contributed by atoms with E-state index in [1.807, 2.05) is 44.2 Å². The fourth-order valence-corrected chi connectivity index (χ4v) is 1.07. The zero-order valence-corrected chi connectivity index (χ0v) is 9.19. The Morgan fingerprint density at radius 1 is 1.40 bits per heavy atom. The third kappa shape index (κ3) is 4.02. The molecule has 1 aromatic rings. The molecule has 0 radical (unpaired) electrons. The molecule has 0 aliphatic carbocycles. The lowest BCUT2D eigenvalue weighted by molar-refractivity contribution is -0.125. The molecule has 0 aliphatic rings. The number of ether oxygens (including phenoxy) is 1. The zero-order valence-electron chi connectivity index (χ0n) is 9.19. The Hall–Kier alpha value is -1.51. The number of benzene rings is 1. The maximum absolute atomic E-state index is 11.4. The summed E-state index contributed by atoms with van der Waals surface area (Å²) in [4.78, 5) is 11.4. The van der Waals surface area contributed by atoms with Gasteiger partial charge in [-0.05, 0) is 18.6 Å². The second-order valence-electron chi connectivity index (χ2n) is 3.45. The number of carbonyl (C=O) groups is 1. The number of para-hydroxylation sites is 1. The quantitative estimate of drug-likeness (QED) is 0.751. The van der Waals surface area contributed by atoms with Crippen LogP contribution in [-0.2, 0) is 4.79 Å². The number of carbonyl (C=O) groups excluding carboxylic acids is 1. The van der Waals surface area contributed by atoms with Crippen molar-refractivity contribution in [2.45, 2.75) is 20.3 Å². The molecule has 1 unspecified atom stereocenters. The van der Waals surface area contributed by atoms with Gasteiger partial charge in [-0.15, -0.1) is 0 Å². The molecule has 0 heterocycles.